The second-order valence-electron chi connectivity index (χ2n) is 4.57. The van der Waals surface area contributed by atoms with Crippen molar-refractivity contribution in [1.82, 2.24) is 0 Å². The van der Waals surface area contributed by atoms with Crippen molar-refractivity contribution >= 4 is 0 Å². The highest BCUT2D eigenvalue weighted by molar-refractivity contribution is 5.34. The number of aryl methyl sites for hydroxylation is 2. The molecular weight excluding hydrogens is 194 g/mol. The fraction of sp³-hybridized carbons (Fsp3) is 0.600. The van der Waals surface area contributed by atoms with Gasteiger partial charge in [0.05, 0.1) is 0 Å². The Labute approximate surface area is 100 Å². The molecule has 1 heteroatoms. The van der Waals surface area contributed by atoms with Crippen molar-refractivity contribution in [3.63, 3.8) is 0 Å². The third kappa shape index (κ3) is 3.34. The molecule has 1 nitrogen and oxygen atoms in total. The zero-order valence-electron chi connectivity index (χ0n) is 10.9. The van der Waals surface area contributed by atoms with E-state index in [4.69, 9.17) is 5.73 Å². The van der Waals surface area contributed by atoms with E-state index in [1.807, 2.05) is 0 Å². The zero-order chi connectivity index (χ0) is 12.0. The van der Waals surface area contributed by atoms with Crippen LogP contribution in [0, 0.1) is 0 Å². The fourth-order valence-electron chi connectivity index (χ4n) is 2.22. The summed E-state index contributed by atoms with van der Waals surface area (Å²) in [6, 6.07) is 6.95. The van der Waals surface area contributed by atoms with Crippen molar-refractivity contribution in [3.05, 3.63) is 34.9 Å². The molecule has 0 fully saturated rings. The van der Waals surface area contributed by atoms with Crippen LogP contribution in [-0.2, 0) is 12.8 Å². The van der Waals surface area contributed by atoms with Crippen molar-refractivity contribution in [2.24, 2.45) is 5.73 Å². The minimum atomic E-state index is 0.644. The average molecular weight is 219 g/mol. The molecule has 1 aromatic rings. The third-order valence-corrected chi connectivity index (χ3v) is 3.37. The third-order valence-electron chi connectivity index (χ3n) is 3.37. The number of nitrogens with two attached hydrogens (primary N) is 1. The largest absolute Gasteiger partial charge is 0.330 e. The van der Waals surface area contributed by atoms with Crippen molar-refractivity contribution in [3.8, 4) is 0 Å². The summed E-state index contributed by atoms with van der Waals surface area (Å²) in [6.45, 7) is 7.58. The SMILES string of the molecule is CCc1ccc(CC)c(C(C)CCCN)c1. The van der Waals surface area contributed by atoms with Crippen LogP contribution in [0.3, 0.4) is 0 Å². The summed E-state index contributed by atoms with van der Waals surface area (Å²) < 4.78 is 0. The topological polar surface area (TPSA) is 26.0 Å². The lowest BCUT2D eigenvalue weighted by Gasteiger charge is -2.17. The van der Waals surface area contributed by atoms with Crippen LogP contribution in [0.5, 0.6) is 0 Å². The first-order valence-corrected chi connectivity index (χ1v) is 6.54. The van der Waals surface area contributed by atoms with Crippen LogP contribution >= 0.6 is 0 Å². The molecule has 0 radical (unpaired) electrons. The molecule has 0 bridgehead atoms. The van der Waals surface area contributed by atoms with E-state index in [-0.39, 0.29) is 0 Å². The molecule has 1 rings (SSSR count). The summed E-state index contributed by atoms with van der Waals surface area (Å²) in [5.74, 6) is 0.644. The van der Waals surface area contributed by atoms with E-state index in [1.165, 1.54) is 23.1 Å². The molecule has 0 spiro atoms. The second kappa shape index (κ2) is 6.70. The molecule has 0 aliphatic carbocycles. The molecule has 1 aromatic carbocycles. The van der Waals surface area contributed by atoms with Gasteiger partial charge in [-0.15, -0.1) is 0 Å². The van der Waals surface area contributed by atoms with Crippen LogP contribution in [-0.4, -0.2) is 6.54 Å². The number of hydrogen-bond donors (Lipinski definition) is 1. The fourth-order valence-corrected chi connectivity index (χ4v) is 2.22. The lowest BCUT2D eigenvalue weighted by molar-refractivity contribution is 0.635. The monoisotopic (exact) mass is 219 g/mol. The van der Waals surface area contributed by atoms with Crippen LogP contribution in [0.1, 0.15) is 56.2 Å². The molecular formula is C15H25N. The van der Waals surface area contributed by atoms with E-state index in [1.54, 1.807) is 0 Å². The van der Waals surface area contributed by atoms with Gasteiger partial charge in [0.15, 0.2) is 0 Å². The van der Waals surface area contributed by atoms with Gasteiger partial charge >= 0.3 is 0 Å². The van der Waals surface area contributed by atoms with E-state index in [0.717, 1.165) is 25.8 Å². The van der Waals surface area contributed by atoms with Gasteiger partial charge < -0.3 is 5.73 Å². The van der Waals surface area contributed by atoms with E-state index in [2.05, 4.69) is 39.0 Å². The maximum Gasteiger partial charge on any atom is -0.00771 e. The first-order chi connectivity index (χ1) is 7.72. The van der Waals surface area contributed by atoms with Gasteiger partial charge in [0.25, 0.3) is 0 Å². The Bertz CT molecular complexity index is 317. The minimum Gasteiger partial charge on any atom is -0.330 e. The molecule has 0 saturated carbocycles. The average Bonchev–Trinajstić information content (AvgIpc) is 2.35. The van der Waals surface area contributed by atoms with E-state index in [9.17, 15) is 0 Å². The van der Waals surface area contributed by atoms with Crippen molar-refractivity contribution in [2.75, 3.05) is 6.54 Å². The van der Waals surface area contributed by atoms with E-state index >= 15 is 0 Å². The molecule has 0 amide bonds. The van der Waals surface area contributed by atoms with Crippen LogP contribution in [0.4, 0.5) is 0 Å². The summed E-state index contributed by atoms with van der Waals surface area (Å²) in [6.07, 6.45) is 4.59. The predicted octanol–water partition coefficient (Wildman–Crippen LogP) is 3.65. The van der Waals surface area contributed by atoms with Gasteiger partial charge in [0.1, 0.15) is 0 Å². The maximum absolute atomic E-state index is 5.58. The molecule has 0 aliphatic rings. The molecule has 0 aliphatic heterocycles. The molecule has 0 aromatic heterocycles. The van der Waals surface area contributed by atoms with Gasteiger partial charge in [-0.2, -0.15) is 0 Å². The van der Waals surface area contributed by atoms with Gasteiger partial charge in [-0.3, -0.25) is 0 Å². The molecule has 16 heavy (non-hydrogen) atoms. The Kier molecular flexibility index (Phi) is 5.54. The van der Waals surface area contributed by atoms with Gasteiger partial charge in [-0.25, -0.2) is 0 Å². The summed E-state index contributed by atoms with van der Waals surface area (Å²) in [4.78, 5) is 0. The van der Waals surface area contributed by atoms with E-state index < -0.39 is 0 Å². The maximum atomic E-state index is 5.58. The predicted molar refractivity (Wildman–Crippen MR) is 71.9 cm³/mol. The van der Waals surface area contributed by atoms with Gasteiger partial charge in [0, 0.05) is 0 Å². The molecule has 90 valence electrons. The summed E-state index contributed by atoms with van der Waals surface area (Å²) >= 11 is 0. The molecule has 1 atom stereocenters. The van der Waals surface area contributed by atoms with Crippen molar-refractivity contribution in [1.29, 1.82) is 0 Å². The van der Waals surface area contributed by atoms with Crippen LogP contribution in [0.15, 0.2) is 18.2 Å². The van der Waals surface area contributed by atoms with Crippen LogP contribution in [0.2, 0.25) is 0 Å². The highest BCUT2D eigenvalue weighted by Crippen LogP contribution is 2.26. The van der Waals surface area contributed by atoms with Crippen molar-refractivity contribution in [2.45, 2.75) is 52.4 Å². The lowest BCUT2D eigenvalue weighted by atomic mass is 9.89. The number of benzene rings is 1. The molecule has 0 heterocycles. The minimum absolute atomic E-state index is 0.644. The first kappa shape index (κ1) is 13.2. The van der Waals surface area contributed by atoms with Crippen LogP contribution < -0.4 is 5.73 Å². The van der Waals surface area contributed by atoms with Gasteiger partial charge in [-0.1, -0.05) is 39.0 Å². The van der Waals surface area contributed by atoms with Crippen LogP contribution in [0.25, 0.3) is 0 Å². The molecule has 2 N–H and O–H groups in total. The molecule has 1 unspecified atom stereocenters. The van der Waals surface area contributed by atoms with Crippen molar-refractivity contribution < 1.29 is 0 Å². The second-order valence-corrected chi connectivity index (χ2v) is 4.57. The first-order valence-electron chi connectivity index (χ1n) is 6.54. The van der Waals surface area contributed by atoms with Gasteiger partial charge in [-0.05, 0) is 54.8 Å². The summed E-state index contributed by atoms with van der Waals surface area (Å²) in [5.41, 5.74) is 10.1. The Hall–Kier alpha value is -0.820. The smallest absolute Gasteiger partial charge is 0.00771 e. The van der Waals surface area contributed by atoms with E-state index in [0.29, 0.717) is 5.92 Å². The highest BCUT2D eigenvalue weighted by atomic mass is 14.5. The Morgan fingerprint density at radius 3 is 2.50 bits per heavy atom. The highest BCUT2D eigenvalue weighted by Gasteiger charge is 2.09. The molecule has 0 saturated heterocycles. The standard InChI is InChI=1S/C15H25N/c1-4-13-8-9-14(5-2)15(11-13)12(3)7-6-10-16/h8-9,11-12H,4-7,10,16H2,1-3H3. The summed E-state index contributed by atoms with van der Waals surface area (Å²) in [5, 5.41) is 0. The number of rotatable bonds is 6. The quantitative estimate of drug-likeness (QED) is 0.776. The summed E-state index contributed by atoms with van der Waals surface area (Å²) in [7, 11) is 0. The normalized spacial score (nSPS) is 12.8. The zero-order valence-corrected chi connectivity index (χ0v) is 10.9. The Balaban J connectivity index is 2.89. The Morgan fingerprint density at radius 1 is 1.19 bits per heavy atom. The number of hydrogen-bond acceptors (Lipinski definition) is 1. The lowest BCUT2D eigenvalue weighted by Crippen LogP contribution is -2.04. The van der Waals surface area contributed by atoms with Gasteiger partial charge in [0.2, 0.25) is 0 Å². The Morgan fingerprint density at radius 2 is 1.94 bits per heavy atom.